The van der Waals surface area contributed by atoms with Crippen LogP contribution in [0.1, 0.15) is 17.8 Å². The summed E-state index contributed by atoms with van der Waals surface area (Å²) in [5.41, 5.74) is 0. The summed E-state index contributed by atoms with van der Waals surface area (Å²) in [5.74, 6) is 0.320. The summed E-state index contributed by atoms with van der Waals surface area (Å²) in [5, 5.41) is 11.8. The van der Waals surface area contributed by atoms with Crippen LogP contribution in [-0.4, -0.2) is 16.1 Å². The number of rotatable bonds is 2. The summed E-state index contributed by atoms with van der Waals surface area (Å²) < 4.78 is 0. The second kappa shape index (κ2) is 2.82. The van der Waals surface area contributed by atoms with Gasteiger partial charge in [0.25, 0.3) is 0 Å². The molecule has 1 fully saturated rings. The van der Waals surface area contributed by atoms with Crippen molar-refractivity contribution in [2.45, 2.75) is 19.8 Å². The highest BCUT2D eigenvalue weighted by Crippen LogP contribution is 2.30. The van der Waals surface area contributed by atoms with E-state index in [1.54, 1.807) is 0 Å². The standard InChI is InChI=1S/C7H9N3OS/c1-4-9-10-7(12-4)8-6(11)5-2-3-5/h5H,2-3H2,1H3,(H,8,10,11). The average molecular weight is 183 g/mol. The Balaban J connectivity index is 1.98. The lowest BCUT2D eigenvalue weighted by Gasteiger charge is -1.95. The minimum Gasteiger partial charge on any atom is -0.300 e. The molecule has 2 rings (SSSR count). The molecule has 5 heteroatoms. The molecule has 1 aromatic rings. The normalized spacial score (nSPS) is 16.1. The summed E-state index contributed by atoms with van der Waals surface area (Å²) in [6, 6.07) is 0. The van der Waals surface area contributed by atoms with Gasteiger partial charge in [-0.2, -0.15) is 0 Å². The minimum atomic E-state index is 0.0890. The van der Waals surface area contributed by atoms with Gasteiger partial charge in [-0.3, -0.25) is 4.79 Å². The Morgan fingerprint density at radius 1 is 1.58 bits per heavy atom. The molecule has 4 nitrogen and oxygen atoms in total. The lowest BCUT2D eigenvalue weighted by atomic mass is 10.4. The van der Waals surface area contributed by atoms with Crippen LogP contribution in [0.25, 0.3) is 0 Å². The fourth-order valence-corrected chi connectivity index (χ4v) is 1.49. The van der Waals surface area contributed by atoms with E-state index in [-0.39, 0.29) is 11.8 Å². The van der Waals surface area contributed by atoms with Gasteiger partial charge in [-0.05, 0) is 19.8 Å². The van der Waals surface area contributed by atoms with Crippen LogP contribution in [0.5, 0.6) is 0 Å². The van der Waals surface area contributed by atoms with E-state index in [2.05, 4.69) is 15.5 Å². The summed E-state index contributed by atoms with van der Waals surface area (Å²) >= 11 is 1.41. The predicted molar refractivity (Wildman–Crippen MR) is 46.0 cm³/mol. The largest absolute Gasteiger partial charge is 0.300 e. The van der Waals surface area contributed by atoms with Gasteiger partial charge in [-0.15, -0.1) is 10.2 Å². The van der Waals surface area contributed by atoms with Crippen LogP contribution in [0, 0.1) is 12.8 Å². The highest BCUT2D eigenvalue weighted by atomic mass is 32.1. The van der Waals surface area contributed by atoms with Gasteiger partial charge in [-0.1, -0.05) is 11.3 Å². The van der Waals surface area contributed by atoms with Gasteiger partial charge in [0.15, 0.2) is 0 Å². The van der Waals surface area contributed by atoms with Crippen LogP contribution in [0.15, 0.2) is 0 Å². The molecular formula is C7H9N3OS. The third kappa shape index (κ3) is 1.61. The third-order valence-electron chi connectivity index (χ3n) is 1.70. The van der Waals surface area contributed by atoms with Crippen LogP contribution in [0.3, 0.4) is 0 Å². The molecule has 1 saturated carbocycles. The highest BCUT2D eigenvalue weighted by Gasteiger charge is 2.30. The van der Waals surface area contributed by atoms with E-state index in [1.165, 1.54) is 11.3 Å². The molecule has 12 heavy (non-hydrogen) atoms. The fraction of sp³-hybridized carbons (Fsp3) is 0.571. The number of amides is 1. The van der Waals surface area contributed by atoms with E-state index in [0.29, 0.717) is 5.13 Å². The molecule has 0 atom stereocenters. The topological polar surface area (TPSA) is 54.9 Å². The van der Waals surface area contributed by atoms with Gasteiger partial charge in [0.05, 0.1) is 0 Å². The van der Waals surface area contributed by atoms with E-state index in [4.69, 9.17) is 0 Å². The molecule has 0 radical (unpaired) electrons. The number of carbonyl (C=O) groups is 1. The van der Waals surface area contributed by atoms with Crippen molar-refractivity contribution in [1.29, 1.82) is 0 Å². The molecule has 0 unspecified atom stereocenters. The molecule has 0 bridgehead atoms. The summed E-state index contributed by atoms with van der Waals surface area (Å²) in [4.78, 5) is 11.2. The van der Waals surface area contributed by atoms with Crippen LogP contribution in [0.2, 0.25) is 0 Å². The summed E-state index contributed by atoms with van der Waals surface area (Å²) in [6.45, 7) is 1.87. The third-order valence-corrected chi connectivity index (χ3v) is 2.46. The number of hydrogen-bond acceptors (Lipinski definition) is 4. The van der Waals surface area contributed by atoms with Crippen molar-refractivity contribution >= 4 is 22.4 Å². The predicted octanol–water partition coefficient (Wildman–Crippen LogP) is 1.20. The van der Waals surface area contributed by atoms with E-state index in [9.17, 15) is 4.79 Å². The maximum Gasteiger partial charge on any atom is 0.229 e. The molecule has 1 N–H and O–H groups in total. The van der Waals surface area contributed by atoms with E-state index < -0.39 is 0 Å². The maximum absolute atomic E-state index is 11.2. The zero-order chi connectivity index (χ0) is 8.55. The monoisotopic (exact) mass is 183 g/mol. The van der Waals surface area contributed by atoms with Crippen molar-refractivity contribution in [3.05, 3.63) is 5.01 Å². The second-order valence-corrected chi connectivity index (χ2v) is 4.07. The Morgan fingerprint density at radius 3 is 2.83 bits per heavy atom. The van der Waals surface area contributed by atoms with Gasteiger partial charge < -0.3 is 5.32 Å². The number of carbonyl (C=O) groups excluding carboxylic acids is 1. The molecular weight excluding hydrogens is 174 g/mol. The fourth-order valence-electron chi connectivity index (χ4n) is 0.900. The average Bonchev–Trinajstić information content (AvgIpc) is 2.78. The highest BCUT2D eigenvalue weighted by molar-refractivity contribution is 7.15. The van der Waals surface area contributed by atoms with Crippen LogP contribution in [0.4, 0.5) is 5.13 Å². The Kier molecular flexibility index (Phi) is 1.80. The Hall–Kier alpha value is -0.970. The SMILES string of the molecule is Cc1nnc(NC(=O)C2CC2)s1. The maximum atomic E-state index is 11.2. The van der Waals surface area contributed by atoms with Crippen LogP contribution < -0.4 is 5.32 Å². The molecule has 64 valence electrons. The number of nitrogens with zero attached hydrogens (tertiary/aromatic N) is 2. The van der Waals surface area contributed by atoms with E-state index in [0.717, 1.165) is 17.8 Å². The number of aryl methyl sites for hydroxylation is 1. The first-order valence-corrected chi connectivity index (χ1v) is 4.68. The van der Waals surface area contributed by atoms with Crippen molar-refractivity contribution in [3.8, 4) is 0 Å². The quantitative estimate of drug-likeness (QED) is 0.749. The number of nitrogens with one attached hydrogen (secondary N) is 1. The molecule has 1 aromatic heterocycles. The zero-order valence-electron chi connectivity index (χ0n) is 6.70. The number of anilines is 1. The Labute approximate surface area is 74.0 Å². The molecule has 1 amide bonds. The smallest absolute Gasteiger partial charge is 0.229 e. The van der Waals surface area contributed by atoms with E-state index >= 15 is 0 Å². The van der Waals surface area contributed by atoms with Crippen molar-refractivity contribution in [2.75, 3.05) is 5.32 Å². The molecule has 0 saturated heterocycles. The van der Waals surface area contributed by atoms with Crippen molar-refractivity contribution < 1.29 is 4.79 Å². The lowest BCUT2D eigenvalue weighted by molar-refractivity contribution is -0.117. The zero-order valence-corrected chi connectivity index (χ0v) is 7.52. The first kappa shape index (κ1) is 7.67. The first-order valence-electron chi connectivity index (χ1n) is 3.86. The first-order chi connectivity index (χ1) is 5.75. The van der Waals surface area contributed by atoms with Crippen molar-refractivity contribution in [3.63, 3.8) is 0 Å². The van der Waals surface area contributed by atoms with Gasteiger partial charge in [-0.25, -0.2) is 0 Å². The van der Waals surface area contributed by atoms with Gasteiger partial charge in [0.2, 0.25) is 11.0 Å². The van der Waals surface area contributed by atoms with Crippen LogP contribution in [-0.2, 0) is 4.79 Å². The number of hydrogen-bond donors (Lipinski definition) is 1. The van der Waals surface area contributed by atoms with E-state index in [1.807, 2.05) is 6.92 Å². The Morgan fingerprint density at radius 2 is 2.33 bits per heavy atom. The molecule has 0 spiro atoms. The second-order valence-electron chi connectivity index (χ2n) is 2.89. The molecule has 0 aromatic carbocycles. The lowest BCUT2D eigenvalue weighted by Crippen LogP contribution is -2.12. The van der Waals surface area contributed by atoms with Gasteiger partial charge >= 0.3 is 0 Å². The molecule has 1 aliphatic carbocycles. The van der Waals surface area contributed by atoms with Gasteiger partial charge in [0.1, 0.15) is 5.01 Å². The molecule has 1 aliphatic rings. The summed E-state index contributed by atoms with van der Waals surface area (Å²) in [6.07, 6.45) is 2.03. The molecule has 0 aliphatic heterocycles. The number of aromatic nitrogens is 2. The Bertz CT molecular complexity index is 305. The van der Waals surface area contributed by atoms with Crippen molar-refractivity contribution in [1.82, 2.24) is 10.2 Å². The van der Waals surface area contributed by atoms with Gasteiger partial charge in [0, 0.05) is 5.92 Å². The van der Waals surface area contributed by atoms with Crippen LogP contribution >= 0.6 is 11.3 Å². The summed E-state index contributed by atoms with van der Waals surface area (Å²) in [7, 11) is 0. The van der Waals surface area contributed by atoms with Crippen molar-refractivity contribution in [2.24, 2.45) is 5.92 Å². The molecule has 1 heterocycles. The minimum absolute atomic E-state index is 0.0890.